The van der Waals surface area contributed by atoms with Gasteiger partial charge in [0.1, 0.15) is 0 Å². The molecular weight excluding hydrogens is 210 g/mol. The molecule has 2 rings (SSSR count). The summed E-state index contributed by atoms with van der Waals surface area (Å²) in [4.78, 5) is 11.8. The molecule has 0 radical (unpaired) electrons. The molecule has 3 atom stereocenters. The Morgan fingerprint density at radius 2 is 2.00 bits per heavy atom. The van der Waals surface area contributed by atoms with Crippen LogP contribution in [0.5, 0.6) is 0 Å². The maximum atomic E-state index is 11.8. The van der Waals surface area contributed by atoms with E-state index in [4.69, 9.17) is 0 Å². The smallest absolute Gasteiger partial charge is 0.223 e. The highest BCUT2D eigenvalue weighted by Crippen LogP contribution is 2.38. The molecule has 2 heteroatoms. The average Bonchev–Trinajstić information content (AvgIpc) is 3.06. The topological polar surface area (TPSA) is 29.1 Å². The Hall–Kier alpha value is -1.31. The summed E-state index contributed by atoms with van der Waals surface area (Å²) in [5, 5.41) is 3.09. The quantitative estimate of drug-likeness (QED) is 0.847. The molecule has 1 aromatic rings. The first kappa shape index (κ1) is 12.2. The van der Waals surface area contributed by atoms with Crippen molar-refractivity contribution in [3.05, 3.63) is 35.4 Å². The number of hydrogen-bond donors (Lipinski definition) is 1. The Bertz CT molecular complexity index is 396. The van der Waals surface area contributed by atoms with Crippen molar-refractivity contribution in [3.63, 3.8) is 0 Å². The normalized spacial score (nSPS) is 24.2. The minimum Gasteiger partial charge on any atom is -0.349 e. The van der Waals surface area contributed by atoms with Crippen molar-refractivity contribution in [1.29, 1.82) is 0 Å². The van der Waals surface area contributed by atoms with Crippen LogP contribution in [0.2, 0.25) is 0 Å². The third-order valence-electron chi connectivity index (χ3n) is 3.69. The molecule has 17 heavy (non-hydrogen) atoms. The first-order valence-corrected chi connectivity index (χ1v) is 6.51. The van der Waals surface area contributed by atoms with Crippen molar-refractivity contribution >= 4 is 5.91 Å². The van der Waals surface area contributed by atoms with Gasteiger partial charge in [-0.25, -0.2) is 0 Å². The van der Waals surface area contributed by atoms with E-state index in [-0.39, 0.29) is 17.9 Å². The first-order valence-electron chi connectivity index (χ1n) is 6.51. The van der Waals surface area contributed by atoms with Crippen LogP contribution in [-0.2, 0) is 11.2 Å². The summed E-state index contributed by atoms with van der Waals surface area (Å²) in [6.45, 7) is 6.32. The number of aryl methyl sites for hydroxylation is 1. The lowest BCUT2D eigenvalue weighted by molar-refractivity contribution is -0.123. The molecule has 1 saturated carbocycles. The summed E-state index contributed by atoms with van der Waals surface area (Å²) >= 11 is 0. The van der Waals surface area contributed by atoms with Crippen molar-refractivity contribution in [2.24, 2.45) is 11.8 Å². The third-order valence-corrected chi connectivity index (χ3v) is 3.69. The lowest BCUT2D eigenvalue weighted by Crippen LogP contribution is -2.28. The Morgan fingerprint density at radius 1 is 1.41 bits per heavy atom. The second kappa shape index (κ2) is 4.91. The molecule has 0 aromatic heterocycles. The molecule has 1 aromatic carbocycles. The second-order valence-electron chi connectivity index (χ2n) is 5.14. The molecule has 0 spiro atoms. The summed E-state index contributed by atoms with van der Waals surface area (Å²) in [7, 11) is 0. The lowest BCUT2D eigenvalue weighted by Gasteiger charge is -2.14. The molecule has 0 aliphatic heterocycles. The van der Waals surface area contributed by atoms with Crippen molar-refractivity contribution in [2.75, 3.05) is 0 Å². The molecule has 0 saturated heterocycles. The molecule has 0 unspecified atom stereocenters. The first-order chi connectivity index (χ1) is 8.11. The van der Waals surface area contributed by atoms with Gasteiger partial charge in [0.2, 0.25) is 5.91 Å². The van der Waals surface area contributed by atoms with E-state index in [9.17, 15) is 4.79 Å². The van der Waals surface area contributed by atoms with Gasteiger partial charge in [0, 0.05) is 5.92 Å². The molecule has 1 amide bonds. The van der Waals surface area contributed by atoms with Gasteiger partial charge in [0.05, 0.1) is 6.04 Å². The van der Waals surface area contributed by atoms with Crippen LogP contribution in [0.15, 0.2) is 24.3 Å². The molecule has 1 N–H and O–H groups in total. The van der Waals surface area contributed by atoms with Gasteiger partial charge < -0.3 is 5.32 Å². The van der Waals surface area contributed by atoms with E-state index in [1.807, 2.05) is 6.92 Å². The predicted molar refractivity (Wildman–Crippen MR) is 69.6 cm³/mol. The number of amides is 1. The zero-order chi connectivity index (χ0) is 12.4. The number of hydrogen-bond acceptors (Lipinski definition) is 1. The minimum atomic E-state index is 0.112. The fourth-order valence-electron chi connectivity index (χ4n) is 2.13. The molecule has 1 fully saturated rings. The molecule has 0 heterocycles. The van der Waals surface area contributed by atoms with E-state index in [0.29, 0.717) is 5.92 Å². The number of benzene rings is 1. The number of carbonyl (C=O) groups is 1. The summed E-state index contributed by atoms with van der Waals surface area (Å²) in [5.74, 6) is 1.04. The largest absolute Gasteiger partial charge is 0.349 e. The Morgan fingerprint density at radius 3 is 2.47 bits per heavy atom. The summed E-state index contributed by atoms with van der Waals surface area (Å²) in [5.41, 5.74) is 2.52. The standard InChI is InChI=1S/C15H21NO/c1-4-12-5-7-13(8-6-12)11(3)16-15(17)14-9-10(14)2/h5-8,10-11,14H,4,9H2,1-3H3,(H,16,17)/t10-,11+,14-/m1/s1. The van der Waals surface area contributed by atoms with E-state index in [1.54, 1.807) is 0 Å². The number of nitrogens with one attached hydrogen (secondary N) is 1. The van der Waals surface area contributed by atoms with Crippen molar-refractivity contribution < 1.29 is 4.79 Å². The number of carbonyl (C=O) groups excluding carboxylic acids is 1. The van der Waals surface area contributed by atoms with Gasteiger partial charge in [0.25, 0.3) is 0 Å². The maximum absolute atomic E-state index is 11.8. The molecule has 1 aliphatic rings. The van der Waals surface area contributed by atoms with Crippen LogP contribution >= 0.6 is 0 Å². The zero-order valence-corrected chi connectivity index (χ0v) is 10.9. The Labute approximate surface area is 103 Å². The summed E-state index contributed by atoms with van der Waals surface area (Å²) in [6, 6.07) is 8.61. The van der Waals surface area contributed by atoms with Gasteiger partial charge in [-0.05, 0) is 36.8 Å². The van der Waals surface area contributed by atoms with Crippen LogP contribution in [0.3, 0.4) is 0 Å². The molecule has 92 valence electrons. The second-order valence-corrected chi connectivity index (χ2v) is 5.14. The molecule has 0 bridgehead atoms. The van der Waals surface area contributed by atoms with Gasteiger partial charge in [-0.15, -0.1) is 0 Å². The van der Waals surface area contributed by atoms with Gasteiger partial charge in [-0.2, -0.15) is 0 Å². The highest BCUT2D eigenvalue weighted by molar-refractivity contribution is 5.81. The zero-order valence-electron chi connectivity index (χ0n) is 10.9. The van der Waals surface area contributed by atoms with Crippen LogP contribution in [0, 0.1) is 11.8 Å². The average molecular weight is 231 g/mol. The van der Waals surface area contributed by atoms with E-state index >= 15 is 0 Å². The molecule has 1 aliphatic carbocycles. The predicted octanol–water partition coefficient (Wildman–Crippen LogP) is 3.08. The van der Waals surface area contributed by atoms with E-state index in [0.717, 1.165) is 12.8 Å². The highest BCUT2D eigenvalue weighted by Gasteiger charge is 2.39. The summed E-state index contributed by atoms with van der Waals surface area (Å²) in [6.07, 6.45) is 2.11. The summed E-state index contributed by atoms with van der Waals surface area (Å²) < 4.78 is 0. The van der Waals surface area contributed by atoms with E-state index in [2.05, 4.69) is 43.4 Å². The molecule has 2 nitrogen and oxygen atoms in total. The Kier molecular flexibility index (Phi) is 3.51. The van der Waals surface area contributed by atoms with Crippen molar-refractivity contribution in [1.82, 2.24) is 5.32 Å². The van der Waals surface area contributed by atoms with E-state index in [1.165, 1.54) is 11.1 Å². The van der Waals surface area contributed by atoms with Gasteiger partial charge in [-0.3, -0.25) is 4.79 Å². The number of rotatable bonds is 4. The fourth-order valence-corrected chi connectivity index (χ4v) is 2.13. The fraction of sp³-hybridized carbons (Fsp3) is 0.533. The van der Waals surface area contributed by atoms with Crippen LogP contribution < -0.4 is 5.32 Å². The van der Waals surface area contributed by atoms with Crippen LogP contribution in [0.4, 0.5) is 0 Å². The van der Waals surface area contributed by atoms with Crippen LogP contribution in [0.25, 0.3) is 0 Å². The SMILES string of the molecule is CCc1ccc([C@H](C)NC(=O)[C@@H]2C[C@H]2C)cc1. The monoisotopic (exact) mass is 231 g/mol. The van der Waals surface area contributed by atoms with Gasteiger partial charge >= 0.3 is 0 Å². The van der Waals surface area contributed by atoms with Crippen molar-refractivity contribution in [3.8, 4) is 0 Å². The molecular formula is C15H21NO. The van der Waals surface area contributed by atoms with E-state index < -0.39 is 0 Å². The third kappa shape index (κ3) is 2.87. The maximum Gasteiger partial charge on any atom is 0.223 e. The van der Waals surface area contributed by atoms with Crippen molar-refractivity contribution in [2.45, 2.75) is 39.7 Å². The minimum absolute atomic E-state index is 0.112. The highest BCUT2D eigenvalue weighted by atomic mass is 16.2. The van der Waals surface area contributed by atoms with Gasteiger partial charge in [-0.1, -0.05) is 38.1 Å². The van der Waals surface area contributed by atoms with Gasteiger partial charge in [0.15, 0.2) is 0 Å². The Balaban J connectivity index is 1.94. The van der Waals surface area contributed by atoms with Crippen LogP contribution in [-0.4, -0.2) is 5.91 Å². The van der Waals surface area contributed by atoms with Crippen LogP contribution in [0.1, 0.15) is 44.4 Å². The lowest BCUT2D eigenvalue weighted by atomic mass is 10.0.